The number of fused-ring (bicyclic) bond motifs is 5. The first-order chi connectivity index (χ1) is 26.7. The standard InChI is InChI=1S/C25H25.C15H8F6.C11H17.2ClH.Zr/c1-14-12-24(3,4)22-8-16-7-17-9-23-19(15(2)13-25(23,5)6)11-21(17)20(16)10-18(14)22;16-14(17,18)12-5-1-3-10(8-12)7-11-4-2-6-13(9-11)15(19,20)21;1-8-6-9(2)10(7-8)11(3,4)5;;;/h8-12H,7H2,1-6H3;1-6,8-9H;6-7H,1-5H3;2*1H;/q-1;;-1;;;+2/p-2. The fourth-order valence-corrected chi connectivity index (χ4v) is 9.52. The van der Waals surface area contributed by atoms with Gasteiger partial charge in [-0.25, -0.2) is 11.6 Å². The van der Waals surface area contributed by atoms with Gasteiger partial charge in [0.15, 0.2) is 0 Å². The van der Waals surface area contributed by atoms with E-state index in [1.807, 2.05) is 0 Å². The zero-order valence-corrected chi connectivity index (χ0v) is 39.9. The van der Waals surface area contributed by atoms with Gasteiger partial charge >= 0.3 is 137 Å². The van der Waals surface area contributed by atoms with E-state index in [1.165, 1.54) is 96.6 Å². The molecule has 9 heteroatoms. The Bertz CT molecular complexity index is 2360. The minimum Gasteiger partial charge on any atom is -1.00 e. The second kappa shape index (κ2) is 17.4. The quantitative estimate of drug-likeness (QED) is 0.121. The Morgan fingerprint density at radius 2 is 1.13 bits per heavy atom. The van der Waals surface area contributed by atoms with E-state index in [9.17, 15) is 26.3 Å². The van der Waals surface area contributed by atoms with Crippen molar-refractivity contribution in [3.8, 4) is 11.1 Å². The maximum absolute atomic E-state index is 12.7. The fourth-order valence-electron chi connectivity index (χ4n) is 8.75. The van der Waals surface area contributed by atoms with E-state index in [0.29, 0.717) is 8.62 Å². The Morgan fingerprint density at radius 1 is 0.650 bits per heavy atom. The third-order valence-electron chi connectivity index (χ3n) is 11.4. The Labute approximate surface area is 379 Å². The monoisotopic (exact) mass is 936 g/mol. The molecule has 5 aromatic carbocycles. The molecule has 0 fully saturated rings. The van der Waals surface area contributed by atoms with E-state index in [1.54, 1.807) is 0 Å². The molecule has 0 aromatic heterocycles. The van der Waals surface area contributed by atoms with Crippen molar-refractivity contribution in [2.45, 2.75) is 111 Å². The molecule has 0 atom stereocenters. The molecule has 3 aliphatic rings. The number of allylic oxidation sites excluding steroid dienone is 4. The van der Waals surface area contributed by atoms with Gasteiger partial charge in [-0.15, -0.1) is 11.6 Å². The van der Waals surface area contributed by atoms with Gasteiger partial charge in [0.2, 0.25) is 0 Å². The molecule has 316 valence electrons. The summed E-state index contributed by atoms with van der Waals surface area (Å²) in [7, 11) is 0. The van der Waals surface area contributed by atoms with Crippen LogP contribution in [0.2, 0.25) is 0 Å². The molecule has 8 rings (SSSR count). The molecule has 3 aliphatic carbocycles. The van der Waals surface area contributed by atoms with E-state index in [4.69, 9.17) is 0 Å². The third-order valence-corrected chi connectivity index (χ3v) is 12.9. The molecule has 0 radical (unpaired) electrons. The van der Waals surface area contributed by atoms with Gasteiger partial charge in [0.05, 0.1) is 0 Å². The Hall–Kier alpha value is -3.38. The van der Waals surface area contributed by atoms with E-state index >= 15 is 0 Å². The van der Waals surface area contributed by atoms with Crippen LogP contribution in [0, 0.1) is 19.9 Å². The summed E-state index contributed by atoms with van der Waals surface area (Å²) < 4.78 is 76.7. The van der Waals surface area contributed by atoms with E-state index < -0.39 is 23.5 Å². The smallest absolute Gasteiger partial charge is 1.00 e. The van der Waals surface area contributed by atoms with Crippen LogP contribution in [0.3, 0.4) is 0 Å². The summed E-state index contributed by atoms with van der Waals surface area (Å²) in [6.07, 6.45) is -1.84. The number of rotatable bonds is 2. The first kappa shape index (κ1) is 49.3. The van der Waals surface area contributed by atoms with Crippen molar-refractivity contribution < 1.29 is 75.4 Å². The largest absolute Gasteiger partial charge is 1.00 e. The average molecular weight is 939 g/mol. The SMILES string of the molecule is CC1=[C-]C(C)(C)c2cc3c(cc21)-c1cc2c(cc1C3)C(C)(C)C=C2C.Cc1cc(C(C)(C)C)c(C)[cH-]1.FC(F)(F)c1cccc([C](=[Zr+2])c2cccc(C(F)(F)F)c2)c1.[Cl-].[Cl-]. The van der Waals surface area contributed by atoms with Crippen LogP contribution in [0.4, 0.5) is 26.3 Å². The predicted octanol–water partition coefficient (Wildman–Crippen LogP) is 8.62. The number of benzene rings is 4. The van der Waals surface area contributed by atoms with Gasteiger partial charge in [0.25, 0.3) is 0 Å². The molecule has 0 saturated heterocycles. The Balaban J connectivity index is 0.000000209. The van der Waals surface area contributed by atoms with Crippen LogP contribution in [0.5, 0.6) is 0 Å². The summed E-state index contributed by atoms with van der Waals surface area (Å²) >= 11 is 0.729. The molecular weight excluding hydrogens is 889 g/mol. The van der Waals surface area contributed by atoms with Crippen LogP contribution in [0.1, 0.15) is 135 Å². The predicted molar refractivity (Wildman–Crippen MR) is 223 cm³/mol. The van der Waals surface area contributed by atoms with Gasteiger partial charge in [-0.3, -0.25) is 6.08 Å². The van der Waals surface area contributed by atoms with E-state index in [2.05, 4.69) is 125 Å². The third kappa shape index (κ3) is 10.1. The van der Waals surface area contributed by atoms with Crippen molar-refractivity contribution in [1.82, 2.24) is 0 Å². The maximum Gasteiger partial charge on any atom is -1.00 e. The van der Waals surface area contributed by atoms with E-state index in [-0.39, 0.29) is 46.8 Å². The zero-order chi connectivity index (χ0) is 42.9. The Morgan fingerprint density at radius 3 is 1.57 bits per heavy atom. The van der Waals surface area contributed by atoms with E-state index in [0.717, 1.165) is 54.9 Å². The second-order valence-electron chi connectivity index (χ2n) is 18.1. The van der Waals surface area contributed by atoms with Gasteiger partial charge in [0, 0.05) is 5.41 Å². The van der Waals surface area contributed by atoms with Gasteiger partial charge in [-0.2, -0.15) is 28.3 Å². The fraction of sp³-hybridized carbons (Fsp3) is 0.333. The minimum atomic E-state index is -4.49. The van der Waals surface area contributed by atoms with Crippen LogP contribution in [-0.4, -0.2) is 3.21 Å². The van der Waals surface area contributed by atoms with Crippen molar-refractivity contribution in [2.24, 2.45) is 0 Å². The number of alkyl halides is 6. The molecule has 5 aromatic rings. The molecule has 0 aliphatic heterocycles. The molecule has 60 heavy (non-hydrogen) atoms. The minimum absolute atomic E-state index is 0. The van der Waals surface area contributed by atoms with Crippen LogP contribution in [0.15, 0.2) is 91.0 Å². The molecule has 0 nitrogen and oxygen atoms in total. The summed E-state index contributed by atoms with van der Waals surface area (Å²) in [6, 6.07) is 23.5. The summed E-state index contributed by atoms with van der Waals surface area (Å²) in [5, 5.41) is 0. The number of aryl methyl sites for hydroxylation is 2. The van der Waals surface area contributed by atoms with Gasteiger partial charge < -0.3 is 24.8 Å². The van der Waals surface area contributed by atoms with Crippen molar-refractivity contribution in [3.05, 3.63) is 169 Å². The molecule has 0 unspecified atom stereocenters. The normalized spacial score (nSPS) is 15.3. The average Bonchev–Trinajstić information content (AvgIpc) is 3.79. The molecule has 0 bridgehead atoms. The van der Waals surface area contributed by atoms with Crippen LogP contribution < -0.4 is 24.8 Å². The summed E-state index contributed by atoms with van der Waals surface area (Å²) in [6.45, 7) is 24.8. The first-order valence-electron chi connectivity index (χ1n) is 19.5. The molecule has 0 heterocycles. The number of halogens is 8. The topological polar surface area (TPSA) is 0 Å². The summed E-state index contributed by atoms with van der Waals surface area (Å²) in [4.78, 5) is 0. The van der Waals surface area contributed by atoms with Gasteiger partial charge in [-0.1, -0.05) is 98.3 Å². The van der Waals surface area contributed by atoms with Crippen molar-refractivity contribution in [1.29, 1.82) is 0 Å². The van der Waals surface area contributed by atoms with Crippen molar-refractivity contribution >= 4 is 14.4 Å². The van der Waals surface area contributed by atoms with Crippen LogP contribution >= 0.6 is 0 Å². The second-order valence-corrected chi connectivity index (χ2v) is 19.4. The Kier molecular flexibility index (Phi) is 14.3. The van der Waals surface area contributed by atoms with Gasteiger partial charge in [-0.05, 0) is 58.4 Å². The molecule has 0 saturated carbocycles. The first-order valence-corrected chi connectivity index (χ1v) is 20.8. The summed E-state index contributed by atoms with van der Waals surface area (Å²) in [5.41, 5.74) is 18.0. The van der Waals surface area contributed by atoms with Crippen LogP contribution in [0.25, 0.3) is 22.3 Å². The molecule has 0 amide bonds. The summed E-state index contributed by atoms with van der Waals surface area (Å²) in [5.74, 6) is 0. The maximum atomic E-state index is 12.7. The zero-order valence-electron chi connectivity index (χ0n) is 35.9. The number of hydrogen-bond acceptors (Lipinski definition) is 0. The molecule has 0 N–H and O–H groups in total. The number of hydrogen-bond donors (Lipinski definition) is 0. The van der Waals surface area contributed by atoms with Crippen molar-refractivity contribution in [2.75, 3.05) is 0 Å². The van der Waals surface area contributed by atoms with Crippen LogP contribution in [-0.2, 0) is 59.3 Å². The molecule has 0 spiro atoms. The van der Waals surface area contributed by atoms with Gasteiger partial charge in [0.1, 0.15) is 0 Å². The molecular formula is C51H50Cl2F6Zr-2. The van der Waals surface area contributed by atoms with Crippen molar-refractivity contribution in [3.63, 3.8) is 0 Å².